The number of carbonyl (C=O) groups excluding carboxylic acids is 3. The van der Waals surface area contributed by atoms with Crippen molar-refractivity contribution in [2.24, 2.45) is 5.92 Å². The lowest BCUT2D eigenvalue weighted by Gasteiger charge is -2.29. The van der Waals surface area contributed by atoms with E-state index in [1.807, 2.05) is 18.2 Å². The standard InChI is InChI=1S/C22H28F2N4O3/c23-22(24)8-11-25-9-6-16(22)7-10-26-12-14-2-1-3-15-13-28(21(31)19(14)15)17-4-5-18(29)27-20(17)30/h1-3,16-17,25-26H,4-13H2,(H,27,29,30). The number of alkyl halides is 2. The molecule has 0 saturated carbocycles. The zero-order valence-corrected chi connectivity index (χ0v) is 17.4. The van der Waals surface area contributed by atoms with Crippen molar-refractivity contribution in [3.05, 3.63) is 34.9 Å². The van der Waals surface area contributed by atoms with Crippen molar-refractivity contribution in [3.8, 4) is 0 Å². The van der Waals surface area contributed by atoms with Crippen LogP contribution in [0.25, 0.3) is 0 Å². The van der Waals surface area contributed by atoms with Gasteiger partial charge in [-0.25, -0.2) is 8.78 Å². The molecule has 4 rings (SSSR count). The van der Waals surface area contributed by atoms with Gasteiger partial charge in [0.2, 0.25) is 11.8 Å². The Bertz CT molecular complexity index is 876. The van der Waals surface area contributed by atoms with Gasteiger partial charge in [-0.3, -0.25) is 19.7 Å². The third kappa shape index (κ3) is 4.62. The average Bonchev–Trinajstić information content (AvgIpc) is 2.95. The Hall–Kier alpha value is -2.39. The molecule has 2 atom stereocenters. The molecule has 3 heterocycles. The van der Waals surface area contributed by atoms with E-state index < -0.39 is 23.8 Å². The largest absolute Gasteiger partial charge is 0.322 e. The summed E-state index contributed by atoms with van der Waals surface area (Å²) in [5, 5.41) is 8.55. The number of halogens is 2. The Labute approximate surface area is 179 Å². The van der Waals surface area contributed by atoms with Crippen LogP contribution in [0.2, 0.25) is 0 Å². The number of hydrogen-bond donors (Lipinski definition) is 3. The number of amides is 3. The van der Waals surface area contributed by atoms with Crippen molar-refractivity contribution in [1.29, 1.82) is 0 Å². The molecule has 7 nitrogen and oxygen atoms in total. The number of hydrogen-bond acceptors (Lipinski definition) is 5. The van der Waals surface area contributed by atoms with Crippen LogP contribution in [0.1, 0.15) is 53.6 Å². The fourth-order valence-corrected chi connectivity index (χ4v) is 4.76. The number of imide groups is 1. The van der Waals surface area contributed by atoms with E-state index in [0.717, 1.165) is 11.1 Å². The smallest absolute Gasteiger partial charge is 0.255 e. The molecule has 0 aliphatic carbocycles. The summed E-state index contributed by atoms with van der Waals surface area (Å²) in [6.45, 7) is 2.12. The van der Waals surface area contributed by atoms with Gasteiger partial charge in [-0.1, -0.05) is 18.2 Å². The molecular formula is C22H28F2N4O3. The molecule has 9 heteroatoms. The summed E-state index contributed by atoms with van der Waals surface area (Å²) in [6.07, 6.45) is 1.23. The van der Waals surface area contributed by atoms with Crippen LogP contribution in [0, 0.1) is 5.92 Å². The van der Waals surface area contributed by atoms with Crippen LogP contribution in [0.5, 0.6) is 0 Å². The van der Waals surface area contributed by atoms with Crippen molar-refractivity contribution >= 4 is 17.7 Å². The highest BCUT2D eigenvalue weighted by atomic mass is 19.3. The van der Waals surface area contributed by atoms with Gasteiger partial charge in [-0.2, -0.15) is 0 Å². The van der Waals surface area contributed by atoms with Crippen molar-refractivity contribution < 1.29 is 23.2 Å². The second-order valence-electron chi connectivity index (χ2n) is 8.56. The van der Waals surface area contributed by atoms with Crippen LogP contribution in [0.3, 0.4) is 0 Å². The van der Waals surface area contributed by atoms with E-state index in [4.69, 9.17) is 0 Å². The maximum absolute atomic E-state index is 14.2. The minimum absolute atomic E-state index is 0.130. The summed E-state index contributed by atoms with van der Waals surface area (Å²) in [7, 11) is 0. The monoisotopic (exact) mass is 434 g/mol. The van der Waals surface area contributed by atoms with Crippen molar-refractivity contribution in [2.45, 2.75) is 57.2 Å². The number of benzene rings is 1. The molecule has 3 N–H and O–H groups in total. The van der Waals surface area contributed by atoms with Crippen LogP contribution in [-0.2, 0) is 22.7 Å². The third-order valence-corrected chi connectivity index (χ3v) is 6.53. The Morgan fingerprint density at radius 2 is 2.00 bits per heavy atom. The molecule has 31 heavy (non-hydrogen) atoms. The molecular weight excluding hydrogens is 406 g/mol. The fraction of sp³-hybridized carbons (Fsp3) is 0.591. The molecule has 2 fully saturated rings. The van der Waals surface area contributed by atoms with E-state index in [1.54, 1.807) is 0 Å². The number of carbonyl (C=O) groups is 3. The van der Waals surface area contributed by atoms with E-state index in [0.29, 0.717) is 57.5 Å². The minimum atomic E-state index is -2.66. The predicted octanol–water partition coefficient (Wildman–Crippen LogP) is 1.56. The number of fused-ring (bicyclic) bond motifs is 1. The summed E-state index contributed by atoms with van der Waals surface area (Å²) >= 11 is 0. The first-order valence-electron chi connectivity index (χ1n) is 10.9. The van der Waals surface area contributed by atoms with Crippen molar-refractivity contribution in [1.82, 2.24) is 20.9 Å². The lowest BCUT2D eigenvalue weighted by Crippen LogP contribution is -2.52. The second-order valence-corrected chi connectivity index (χ2v) is 8.56. The molecule has 2 unspecified atom stereocenters. The molecule has 0 bridgehead atoms. The summed E-state index contributed by atoms with van der Waals surface area (Å²) in [6, 6.07) is 4.93. The first-order valence-corrected chi connectivity index (χ1v) is 10.9. The number of nitrogens with zero attached hydrogens (tertiary/aromatic N) is 1. The van der Waals surface area contributed by atoms with Gasteiger partial charge >= 0.3 is 0 Å². The lowest BCUT2D eigenvalue weighted by molar-refractivity contribution is -0.136. The van der Waals surface area contributed by atoms with Gasteiger partial charge in [-0.15, -0.1) is 0 Å². The van der Waals surface area contributed by atoms with E-state index in [-0.39, 0.29) is 24.7 Å². The van der Waals surface area contributed by atoms with Crippen LogP contribution >= 0.6 is 0 Å². The second kappa shape index (κ2) is 9.00. The summed E-state index contributed by atoms with van der Waals surface area (Å²) in [4.78, 5) is 38.2. The molecule has 3 amide bonds. The van der Waals surface area contributed by atoms with Crippen LogP contribution in [-0.4, -0.2) is 54.2 Å². The highest BCUT2D eigenvalue weighted by Gasteiger charge is 2.41. The summed E-state index contributed by atoms with van der Waals surface area (Å²) in [5.41, 5.74) is 2.21. The topological polar surface area (TPSA) is 90.5 Å². The van der Waals surface area contributed by atoms with Gasteiger partial charge in [0.1, 0.15) is 6.04 Å². The normalized spacial score (nSPS) is 25.9. The maximum atomic E-state index is 14.2. The van der Waals surface area contributed by atoms with Crippen LogP contribution < -0.4 is 16.0 Å². The van der Waals surface area contributed by atoms with Gasteiger partial charge in [0.25, 0.3) is 11.8 Å². The Balaban J connectivity index is 1.37. The fourth-order valence-electron chi connectivity index (χ4n) is 4.76. The van der Waals surface area contributed by atoms with E-state index in [1.165, 1.54) is 4.90 Å². The molecule has 3 aliphatic heterocycles. The average molecular weight is 434 g/mol. The lowest BCUT2D eigenvalue weighted by atomic mass is 9.93. The quantitative estimate of drug-likeness (QED) is 0.467. The zero-order valence-electron chi connectivity index (χ0n) is 17.4. The molecule has 1 aromatic carbocycles. The summed E-state index contributed by atoms with van der Waals surface area (Å²) in [5.74, 6) is -4.27. The van der Waals surface area contributed by atoms with Crippen LogP contribution in [0.15, 0.2) is 18.2 Å². The first-order chi connectivity index (χ1) is 14.9. The minimum Gasteiger partial charge on any atom is -0.322 e. The molecule has 0 radical (unpaired) electrons. The van der Waals surface area contributed by atoms with Gasteiger partial charge in [0, 0.05) is 44.0 Å². The molecule has 0 aromatic heterocycles. The zero-order chi connectivity index (χ0) is 22.0. The number of rotatable bonds is 6. The molecule has 168 valence electrons. The molecule has 1 aromatic rings. The van der Waals surface area contributed by atoms with Gasteiger partial charge in [-0.05, 0) is 43.5 Å². The number of nitrogens with one attached hydrogen (secondary N) is 3. The van der Waals surface area contributed by atoms with E-state index in [9.17, 15) is 23.2 Å². The molecule has 3 aliphatic rings. The highest BCUT2D eigenvalue weighted by Crippen LogP contribution is 2.34. The highest BCUT2D eigenvalue weighted by molar-refractivity contribution is 6.05. The van der Waals surface area contributed by atoms with Crippen LogP contribution in [0.4, 0.5) is 8.78 Å². The Morgan fingerprint density at radius 1 is 1.16 bits per heavy atom. The van der Waals surface area contributed by atoms with Gasteiger partial charge in [0.15, 0.2) is 0 Å². The Morgan fingerprint density at radius 3 is 2.81 bits per heavy atom. The van der Waals surface area contributed by atoms with Gasteiger partial charge in [0.05, 0.1) is 0 Å². The first kappa shape index (κ1) is 21.8. The third-order valence-electron chi connectivity index (χ3n) is 6.53. The van der Waals surface area contributed by atoms with Crippen molar-refractivity contribution in [2.75, 3.05) is 19.6 Å². The van der Waals surface area contributed by atoms with E-state index in [2.05, 4.69) is 16.0 Å². The number of piperidine rings is 1. The summed E-state index contributed by atoms with van der Waals surface area (Å²) < 4.78 is 28.4. The van der Waals surface area contributed by atoms with Crippen molar-refractivity contribution in [3.63, 3.8) is 0 Å². The molecule has 2 saturated heterocycles. The van der Waals surface area contributed by atoms with Gasteiger partial charge < -0.3 is 15.5 Å². The van der Waals surface area contributed by atoms with E-state index >= 15 is 0 Å². The molecule has 0 spiro atoms. The Kier molecular flexibility index (Phi) is 6.34. The maximum Gasteiger partial charge on any atom is 0.255 e. The predicted molar refractivity (Wildman–Crippen MR) is 109 cm³/mol. The SMILES string of the molecule is O=C1CCC(N2Cc3cccc(CNCCC4CCNCCC4(F)F)c3C2=O)C(=O)N1.